The number of primary amides is 1. The minimum atomic E-state index is -4.90. The number of benzene rings is 2. The molecule has 3 aromatic rings. The van der Waals surface area contributed by atoms with Crippen LogP contribution in [0.3, 0.4) is 0 Å². The van der Waals surface area contributed by atoms with Crippen molar-refractivity contribution in [3.05, 3.63) is 82.7 Å². The largest absolute Gasteiger partial charge is 0.573 e. The lowest BCUT2D eigenvalue weighted by atomic mass is 10.2. The molecule has 9 nitrogen and oxygen atoms in total. The van der Waals surface area contributed by atoms with Gasteiger partial charge in [-0.2, -0.15) is 17.5 Å². The van der Waals surface area contributed by atoms with Gasteiger partial charge in [0.15, 0.2) is 5.78 Å². The van der Waals surface area contributed by atoms with E-state index in [0.29, 0.717) is 17.3 Å². The number of ether oxygens (including phenoxy) is 1. The molecule has 2 heterocycles. The van der Waals surface area contributed by atoms with Crippen LogP contribution >= 0.6 is 0 Å². The lowest BCUT2D eigenvalue weighted by Gasteiger charge is -2.33. The van der Waals surface area contributed by atoms with E-state index < -0.39 is 50.5 Å². The molecular weight excluding hydrogens is 606 g/mol. The van der Waals surface area contributed by atoms with Gasteiger partial charge in [0.25, 0.3) is 5.91 Å². The minimum absolute atomic E-state index is 0.0445. The van der Waals surface area contributed by atoms with Crippen molar-refractivity contribution in [2.45, 2.75) is 30.9 Å². The maximum absolute atomic E-state index is 13.4. The highest BCUT2D eigenvalue weighted by Crippen LogP contribution is 2.31. The molecule has 0 bridgehead atoms. The molecule has 1 fully saturated rings. The summed E-state index contributed by atoms with van der Waals surface area (Å²) in [7, 11) is -4.23. The second-order valence-corrected chi connectivity index (χ2v) is 11.7. The van der Waals surface area contributed by atoms with Gasteiger partial charge in [-0.15, -0.1) is 13.2 Å². The molecule has 0 radical (unpaired) electrons. The Labute approximate surface area is 242 Å². The Bertz CT molecular complexity index is 1630. The van der Waals surface area contributed by atoms with Crippen molar-refractivity contribution in [1.29, 1.82) is 0 Å². The standard InChI is InChI=1S/C27H26F6N4O5S/c1-17-22(25(34)39)14-23(37(17)15-18-4-2-6-20(12-18)42-27(31,32)33)24(38)16-35-8-10-36(11-9-35)43(40,41)21-7-3-5-19(13-21)26(28,29)30/h2-7,12-14H,8-11,15-16H2,1H3,(H2,34,39). The van der Waals surface area contributed by atoms with Gasteiger partial charge in [0, 0.05) is 38.4 Å². The highest BCUT2D eigenvalue weighted by molar-refractivity contribution is 7.89. The third-order valence-corrected chi connectivity index (χ3v) is 8.78. The van der Waals surface area contributed by atoms with Gasteiger partial charge in [0.2, 0.25) is 10.0 Å². The molecule has 4 rings (SSSR count). The maximum atomic E-state index is 13.4. The topological polar surface area (TPSA) is 115 Å². The number of nitrogens with two attached hydrogens (primary N) is 1. The first-order valence-corrected chi connectivity index (χ1v) is 14.2. The zero-order chi connectivity index (χ0) is 31.7. The minimum Gasteiger partial charge on any atom is -0.406 e. The van der Waals surface area contributed by atoms with Crippen LogP contribution in [0.15, 0.2) is 59.5 Å². The molecule has 2 aromatic carbocycles. The first-order valence-electron chi connectivity index (χ1n) is 12.7. The van der Waals surface area contributed by atoms with E-state index in [0.717, 1.165) is 34.6 Å². The van der Waals surface area contributed by atoms with Crippen LogP contribution in [0.25, 0.3) is 0 Å². The molecule has 1 amide bonds. The molecule has 16 heteroatoms. The highest BCUT2D eigenvalue weighted by atomic mass is 32.2. The summed E-state index contributed by atoms with van der Waals surface area (Å²) < 4.78 is 110. The SMILES string of the molecule is Cc1c(C(N)=O)cc(C(=O)CN2CCN(S(=O)(=O)c3cccc(C(F)(F)F)c3)CC2)n1Cc1cccc(OC(F)(F)F)c1. The van der Waals surface area contributed by atoms with Crippen molar-refractivity contribution in [3.63, 3.8) is 0 Å². The molecule has 1 aliphatic heterocycles. The molecule has 1 aliphatic rings. The Morgan fingerprint density at radius 1 is 0.930 bits per heavy atom. The van der Waals surface area contributed by atoms with Crippen molar-refractivity contribution in [1.82, 2.24) is 13.8 Å². The van der Waals surface area contributed by atoms with Gasteiger partial charge in [0.1, 0.15) is 5.75 Å². The number of amides is 1. The van der Waals surface area contributed by atoms with E-state index in [4.69, 9.17) is 5.73 Å². The van der Waals surface area contributed by atoms with Crippen LogP contribution in [-0.4, -0.2) is 73.0 Å². The molecule has 0 unspecified atom stereocenters. The number of carbonyl (C=O) groups excluding carboxylic acids is 2. The fourth-order valence-electron chi connectivity index (χ4n) is 4.75. The number of nitrogens with zero attached hydrogens (tertiary/aromatic N) is 3. The molecule has 0 saturated carbocycles. The number of rotatable bonds is 9. The Hall–Kier alpha value is -3.89. The van der Waals surface area contributed by atoms with E-state index in [1.807, 2.05) is 0 Å². The molecule has 1 saturated heterocycles. The van der Waals surface area contributed by atoms with Crippen LogP contribution in [0.4, 0.5) is 26.3 Å². The Kier molecular flexibility index (Phi) is 8.95. The first-order chi connectivity index (χ1) is 20.0. The zero-order valence-corrected chi connectivity index (χ0v) is 23.4. The summed E-state index contributed by atoms with van der Waals surface area (Å²) in [5.41, 5.74) is 5.14. The average molecular weight is 633 g/mol. The Morgan fingerprint density at radius 3 is 2.19 bits per heavy atom. The van der Waals surface area contributed by atoms with Crippen molar-refractivity contribution < 1.29 is 49.1 Å². The summed E-state index contributed by atoms with van der Waals surface area (Å²) in [6.07, 6.45) is -9.62. The van der Waals surface area contributed by atoms with Crippen molar-refractivity contribution in [3.8, 4) is 5.75 Å². The van der Waals surface area contributed by atoms with Gasteiger partial charge in [-0.05, 0) is 48.9 Å². The zero-order valence-electron chi connectivity index (χ0n) is 22.6. The van der Waals surface area contributed by atoms with E-state index in [9.17, 15) is 44.3 Å². The number of hydrogen-bond acceptors (Lipinski definition) is 6. The van der Waals surface area contributed by atoms with Crippen LogP contribution < -0.4 is 10.5 Å². The monoisotopic (exact) mass is 632 g/mol. The number of hydrogen-bond donors (Lipinski definition) is 1. The van der Waals surface area contributed by atoms with Gasteiger partial charge < -0.3 is 15.0 Å². The maximum Gasteiger partial charge on any atom is 0.573 e. The molecule has 0 spiro atoms. The predicted molar refractivity (Wildman–Crippen MR) is 141 cm³/mol. The first kappa shape index (κ1) is 32.0. The lowest BCUT2D eigenvalue weighted by Crippen LogP contribution is -2.49. The Morgan fingerprint density at radius 2 is 1.58 bits per heavy atom. The van der Waals surface area contributed by atoms with Gasteiger partial charge in [-0.3, -0.25) is 14.5 Å². The average Bonchev–Trinajstić information content (AvgIpc) is 3.24. The normalized spacial score (nSPS) is 15.4. The highest BCUT2D eigenvalue weighted by Gasteiger charge is 2.35. The fraction of sp³-hybridized carbons (Fsp3) is 0.333. The van der Waals surface area contributed by atoms with Crippen LogP contribution in [0.2, 0.25) is 0 Å². The van der Waals surface area contributed by atoms with Gasteiger partial charge in [0.05, 0.1) is 28.3 Å². The van der Waals surface area contributed by atoms with E-state index in [2.05, 4.69) is 4.74 Å². The van der Waals surface area contributed by atoms with Crippen LogP contribution in [-0.2, 0) is 22.7 Å². The van der Waals surface area contributed by atoms with E-state index >= 15 is 0 Å². The van der Waals surface area contributed by atoms with Gasteiger partial charge in [-0.1, -0.05) is 18.2 Å². The number of Topliss-reactive ketones (excluding diaryl/α,β-unsaturated/α-hetero) is 1. The second kappa shape index (κ2) is 12.0. The van der Waals surface area contributed by atoms with E-state index in [1.165, 1.54) is 29.7 Å². The number of halogens is 6. The summed E-state index contributed by atoms with van der Waals surface area (Å²) in [6.45, 7) is 1.24. The van der Waals surface area contributed by atoms with Crippen molar-refractivity contribution in [2.24, 2.45) is 5.73 Å². The number of aromatic nitrogens is 1. The molecule has 1 aromatic heterocycles. The van der Waals surface area contributed by atoms with E-state index in [-0.39, 0.29) is 50.5 Å². The lowest BCUT2D eigenvalue weighted by molar-refractivity contribution is -0.274. The summed E-state index contributed by atoms with van der Waals surface area (Å²) >= 11 is 0. The van der Waals surface area contributed by atoms with Crippen LogP contribution in [0.5, 0.6) is 5.75 Å². The van der Waals surface area contributed by atoms with Crippen molar-refractivity contribution in [2.75, 3.05) is 32.7 Å². The summed E-state index contributed by atoms with van der Waals surface area (Å²) in [4.78, 5) is 26.5. The summed E-state index contributed by atoms with van der Waals surface area (Å²) in [6, 6.07) is 9.87. The molecule has 0 aliphatic carbocycles. The third-order valence-electron chi connectivity index (χ3n) is 6.89. The van der Waals surface area contributed by atoms with Gasteiger partial charge >= 0.3 is 12.5 Å². The molecule has 2 N–H and O–H groups in total. The number of ketones is 1. The second-order valence-electron chi connectivity index (χ2n) is 9.80. The number of alkyl halides is 6. The molecular formula is C27H26F6N4O5S. The smallest absolute Gasteiger partial charge is 0.406 e. The predicted octanol–water partition coefficient (Wildman–Crippen LogP) is 4.05. The van der Waals surface area contributed by atoms with E-state index in [1.54, 1.807) is 4.90 Å². The third kappa shape index (κ3) is 7.55. The number of piperazine rings is 1. The molecule has 43 heavy (non-hydrogen) atoms. The summed E-state index contributed by atoms with van der Waals surface area (Å²) in [5, 5.41) is 0. The summed E-state index contributed by atoms with van der Waals surface area (Å²) in [5.74, 6) is -1.74. The number of carbonyl (C=O) groups is 2. The van der Waals surface area contributed by atoms with Crippen molar-refractivity contribution >= 4 is 21.7 Å². The molecule has 232 valence electrons. The quantitative estimate of drug-likeness (QED) is 0.281. The van der Waals surface area contributed by atoms with Crippen LogP contribution in [0.1, 0.15) is 37.7 Å². The Balaban J connectivity index is 1.48. The van der Waals surface area contributed by atoms with Crippen LogP contribution in [0, 0.1) is 6.92 Å². The fourth-order valence-corrected chi connectivity index (χ4v) is 6.22. The molecule has 0 atom stereocenters. The van der Waals surface area contributed by atoms with Gasteiger partial charge in [-0.25, -0.2) is 8.42 Å². The number of sulfonamides is 1.